The van der Waals surface area contributed by atoms with Crippen molar-refractivity contribution in [3.63, 3.8) is 0 Å². The Morgan fingerprint density at radius 2 is 1.71 bits per heavy atom. The number of likely N-dealkylation sites (tertiary alicyclic amines) is 1. The quantitative estimate of drug-likeness (QED) is 0.751. The van der Waals surface area contributed by atoms with E-state index in [1.807, 2.05) is 6.92 Å². The summed E-state index contributed by atoms with van der Waals surface area (Å²) in [5.41, 5.74) is 0.606. The molecule has 14 heavy (non-hydrogen) atoms. The SMILES string of the molecule is CCC1(CC)CCN(C[C@H](C)O)CC1. The van der Waals surface area contributed by atoms with Crippen LogP contribution >= 0.6 is 0 Å². The van der Waals surface area contributed by atoms with Crippen LogP contribution in [-0.2, 0) is 0 Å². The molecule has 2 heteroatoms. The van der Waals surface area contributed by atoms with Gasteiger partial charge in [0.25, 0.3) is 0 Å². The molecule has 2 nitrogen and oxygen atoms in total. The Morgan fingerprint density at radius 1 is 1.21 bits per heavy atom. The summed E-state index contributed by atoms with van der Waals surface area (Å²) in [6, 6.07) is 0. The first kappa shape index (κ1) is 12.0. The van der Waals surface area contributed by atoms with Crippen molar-refractivity contribution in [2.24, 2.45) is 5.41 Å². The monoisotopic (exact) mass is 199 g/mol. The number of β-amino-alcohol motifs (C(OH)–C–C–N with tert-alkyl or cyclic N) is 1. The highest BCUT2D eigenvalue weighted by Gasteiger charge is 2.31. The highest BCUT2D eigenvalue weighted by molar-refractivity contribution is 4.84. The second-order valence-corrected chi connectivity index (χ2v) is 4.86. The molecule has 0 aromatic carbocycles. The Balaban J connectivity index is 2.37. The summed E-state index contributed by atoms with van der Waals surface area (Å²) < 4.78 is 0. The van der Waals surface area contributed by atoms with Crippen LogP contribution in [0.25, 0.3) is 0 Å². The number of hydrogen-bond donors (Lipinski definition) is 1. The predicted octanol–water partition coefficient (Wildman–Crippen LogP) is 2.27. The average molecular weight is 199 g/mol. The molecular weight excluding hydrogens is 174 g/mol. The lowest BCUT2D eigenvalue weighted by molar-refractivity contribution is 0.0595. The van der Waals surface area contributed by atoms with Gasteiger partial charge >= 0.3 is 0 Å². The van der Waals surface area contributed by atoms with Crippen molar-refractivity contribution in [1.82, 2.24) is 4.90 Å². The van der Waals surface area contributed by atoms with Crippen LogP contribution < -0.4 is 0 Å². The van der Waals surface area contributed by atoms with Crippen LogP contribution in [0.4, 0.5) is 0 Å². The van der Waals surface area contributed by atoms with Gasteiger partial charge in [0.2, 0.25) is 0 Å². The first-order chi connectivity index (χ1) is 6.62. The minimum atomic E-state index is -0.175. The van der Waals surface area contributed by atoms with E-state index in [4.69, 9.17) is 0 Å². The molecule has 1 aliphatic rings. The number of aliphatic hydroxyl groups excluding tert-OH is 1. The first-order valence-electron chi connectivity index (χ1n) is 6.02. The minimum Gasteiger partial charge on any atom is -0.392 e. The zero-order valence-corrected chi connectivity index (χ0v) is 9.92. The Kier molecular flexibility index (Phi) is 4.39. The fourth-order valence-electron chi connectivity index (χ4n) is 2.54. The van der Waals surface area contributed by atoms with Crippen LogP contribution in [0.1, 0.15) is 46.5 Å². The number of rotatable bonds is 4. The fraction of sp³-hybridized carbons (Fsp3) is 1.00. The van der Waals surface area contributed by atoms with Crippen molar-refractivity contribution in [3.8, 4) is 0 Å². The van der Waals surface area contributed by atoms with Crippen LogP contribution in [0.2, 0.25) is 0 Å². The third kappa shape index (κ3) is 2.96. The zero-order valence-electron chi connectivity index (χ0n) is 9.92. The average Bonchev–Trinajstić information content (AvgIpc) is 2.19. The molecule has 1 atom stereocenters. The maximum absolute atomic E-state index is 9.31. The molecule has 1 heterocycles. The Morgan fingerprint density at radius 3 is 2.07 bits per heavy atom. The van der Waals surface area contributed by atoms with Crippen molar-refractivity contribution in [1.29, 1.82) is 0 Å². The summed E-state index contributed by atoms with van der Waals surface area (Å²) in [5, 5.41) is 9.31. The lowest BCUT2D eigenvalue weighted by Crippen LogP contribution is -2.42. The molecule has 0 spiro atoms. The fourth-order valence-corrected chi connectivity index (χ4v) is 2.54. The second kappa shape index (κ2) is 5.13. The Labute approximate surface area is 88.3 Å². The topological polar surface area (TPSA) is 23.5 Å². The van der Waals surface area contributed by atoms with Gasteiger partial charge in [0.1, 0.15) is 0 Å². The number of piperidine rings is 1. The van der Waals surface area contributed by atoms with Crippen LogP contribution in [0, 0.1) is 5.41 Å². The summed E-state index contributed by atoms with van der Waals surface area (Å²) >= 11 is 0. The predicted molar refractivity (Wildman–Crippen MR) is 60.4 cm³/mol. The van der Waals surface area contributed by atoms with Crippen molar-refractivity contribution in [2.45, 2.75) is 52.6 Å². The van der Waals surface area contributed by atoms with Gasteiger partial charge < -0.3 is 10.0 Å². The number of hydrogen-bond acceptors (Lipinski definition) is 2. The van der Waals surface area contributed by atoms with Crippen molar-refractivity contribution in [3.05, 3.63) is 0 Å². The zero-order chi connectivity index (χ0) is 10.6. The molecule has 84 valence electrons. The van der Waals surface area contributed by atoms with Gasteiger partial charge in [-0.1, -0.05) is 26.7 Å². The molecule has 0 aromatic heterocycles. The van der Waals surface area contributed by atoms with Gasteiger partial charge in [-0.05, 0) is 38.3 Å². The molecule has 1 saturated heterocycles. The number of nitrogens with zero attached hydrogens (tertiary/aromatic N) is 1. The molecule has 0 aliphatic carbocycles. The third-order valence-corrected chi connectivity index (χ3v) is 3.94. The van der Waals surface area contributed by atoms with Crippen molar-refractivity contribution >= 4 is 0 Å². The molecule has 0 radical (unpaired) electrons. The summed E-state index contributed by atoms with van der Waals surface area (Å²) in [6.07, 6.45) is 5.07. The minimum absolute atomic E-state index is 0.175. The van der Waals surface area contributed by atoms with Gasteiger partial charge in [-0.15, -0.1) is 0 Å². The molecular formula is C12H25NO. The van der Waals surface area contributed by atoms with E-state index in [1.54, 1.807) is 0 Å². The van der Waals surface area contributed by atoms with Gasteiger partial charge in [0, 0.05) is 6.54 Å². The van der Waals surface area contributed by atoms with E-state index in [0.29, 0.717) is 5.41 Å². The standard InChI is InChI=1S/C12H25NO/c1-4-12(5-2)6-8-13(9-7-12)10-11(3)14/h11,14H,4-10H2,1-3H3/t11-/m0/s1. The maximum Gasteiger partial charge on any atom is 0.0639 e. The summed E-state index contributed by atoms with van der Waals surface area (Å²) in [7, 11) is 0. The lowest BCUT2D eigenvalue weighted by Gasteiger charge is -2.41. The molecule has 0 aromatic rings. The maximum atomic E-state index is 9.31. The summed E-state index contributed by atoms with van der Waals surface area (Å²) in [4.78, 5) is 2.40. The summed E-state index contributed by atoms with van der Waals surface area (Å²) in [5.74, 6) is 0. The van der Waals surface area contributed by atoms with E-state index in [1.165, 1.54) is 38.8 Å². The van der Waals surface area contributed by atoms with E-state index in [-0.39, 0.29) is 6.10 Å². The first-order valence-corrected chi connectivity index (χ1v) is 6.02. The van der Waals surface area contributed by atoms with E-state index in [9.17, 15) is 5.11 Å². The highest BCUT2D eigenvalue weighted by Crippen LogP contribution is 2.37. The molecule has 1 fully saturated rings. The van der Waals surface area contributed by atoms with E-state index < -0.39 is 0 Å². The third-order valence-electron chi connectivity index (χ3n) is 3.94. The molecule has 0 bridgehead atoms. The largest absolute Gasteiger partial charge is 0.392 e. The van der Waals surface area contributed by atoms with Gasteiger partial charge in [-0.3, -0.25) is 0 Å². The van der Waals surface area contributed by atoms with Crippen LogP contribution in [0.3, 0.4) is 0 Å². The van der Waals surface area contributed by atoms with Gasteiger partial charge in [-0.2, -0.15) is 0 Å². The molecule has 1 aliphatic heterocycles. The van der Waals surface area contributed by atoms with E-state index in [2.05, 4.69) is 18.7 Å². The molecule has 0 amide bonds. The lowest BCUT2D eigenvalue weighted by atomic mass is 9.74. The van der Waals surface area contributed by atoms with Crippen molar-refractivity contribution < 1.29 is 5.11 Å². The Hall–Kier alpha value is -0.0800. The van der Waals surface area contributed by atoms with Crippen LogP contribution in [-0.4, -0.2) is 35.7 Å². The Bertz CT molecular complexity index is 154. The van der Waals surface area contributed by atoms with Gasteiger partial charge in [-0.25, -0.2) is 0 Å². The molecule has 0 saturated carbocycles. The second-order valence-electron chi connectivity index (χ2n) is 4.86. The van der Waals surface area contributed by atoms with Crippen molar-refractivity contribution in [2.75, 3.05) is 19.6 Å². The van der Waals surface area contributed by atoms with E-state index >= 15 is 0 Å². The van der Waals surface area contributed by atoms with Gasteiger partial charge in [0.05, 0.1) is 6.10 Å². The molecule has 1 N–H and O–H groups in total. The molecule has 0 unspecified atom stereocenters. The smallest absolute Gasteiger partial charge is 0.0639 e. The number of aliphatic hydroxyl groups is 1. The summed E-state index contributed by atoms with van der Waals surface area (Å²) in [6.45, 7) is 9.70. The van der Waals surface area contributed by atoms with Crippen LogP contribution in [0.5, 0.6) is 0 Å². The normalized spacial score (nSPS) is 24.9. The van der Waals surface area contributed by atoms with E-state index in [0.717, 1.165) is 6.54 Å². The van der Waals surface area contributed by atoms with Crippen LogP contribution in [0.15, 0.2) is 0 Å². The molecule has 1 rings (SSSR count). The highest BCUT2D eigenvalue weighted by atomic mass is 16.3. The van der Waals surface area contributed by atoms with Gasteiger partial charge in [0.15, 0.2) is 0 Å².